The number of aliphatic hydroxyl groups excluding tert-OH is 2. The molecule has 2 atom stereocenters. The summed E-state index contributed by atoms with van der Waals surface area (Å²) in [7, 11) is 0. The van der Waals surface area contributed by atoms with Crippen LogP contribution < -0.4 is 0 Å². The molecule has 2 heteroatoms. The van der Waals surface area contributed by atoms with Gasteiger partial charge in [0.2, 0.25) is 0 Å². The Hall–Kier alpha value is -0.340. The van der Waals surface area contributed by atoms with E-state index in [2.05, 4.69) is 12.2 Å². The first-order valence-corrected chi connectivity index (χ1v) is 3.82. The maximum absolute atomic E-state index is 9.20. The SMILES string of the molecule is O[C@@H]1CCC=CCC[C@@H]1O. The van der Waals surface area contributed by atoms with Gasteiger partial charge < -0.3 is 10.2 Å². The highest BCUT2D eigenvalue weighted by Crippen LogP contribution is 2.12. The highest BCUT2D eigenvalue weighted by molar-refractivity contribution is 4.87. The first kappa shape index (κ1) is 7.76. The third-order valence-corrected chi connectivity index (χ3v) is 1.87. The molecular weight excluding hydrogens is 128 g/mol. The van der Waals surface area contributed by atoms with Gasteiger partial charge in [-0.2, -0.15) is 0 Å². The van der Waals surface area contributed by atoms with Crippen molar-refractivity contribution in [2.45, 2.75) is 37.9 Å². The Bertz CT molecular complexity index is 106. The molecule has 0 saturated carbocycles. The van der Waals surface area contributed by atoms with Crippen molar-refractivity contribution in [2.75, 3.05) is 0 Å². The Labute approximate surface area is 61.2 Å². The molecule has 10 heavy (non-hydrogen) atoms. The Morgan fingerprint density at radius 3 is 1.70 bits per heavy atom. The fourth-order valence-electron chi connectivity index (χ4n) is 1.15. The average Bonchev–Trinajstić information content (AvgIpc) is 1.92. The van der Waals surface area contributed by atoms with E-state index in [0.717, 1.165) is 12.8 Å². The van der Waals surface area contributed by atoms with Crippen molar-refractivity contribution < 1.29 is 10.2 Å². The summed E-state index contributed by atoms with van der Waals surface area (Å²) >= 11 is 0. The summed E-state index contributed by atoms with van der Waals surface area (Å²) in [6, 6.07) is 0. The topological polar surface area (TPSA) is 40.5 Å². The molecule has 0 fully saturated rings. The lowest BCUT2D eigenvalue weighted by atomic mass is 10.0. The van der Waals surface area contributed by atoms with Gasteiger partial charge in [0.15, 0.2) is 0 Å². The highest BCUT2D eigenvalue weighted by Gasteiger charge is 2.15. The predicted molar refractivity (Wildman–Crippen MR) is 39.6 cm³/mol. The maximum Gasteiger partial charge on any atom is 0.0802 e. The molecule has 0 bridgehead atoms. The van der Waals surface area contributed by atoms with E-state index in [9.17, 15) is 10.2 Å². The van der Waals surface area contributed by atoms with Crippen LogP contribution in [0.15, 0.2) is 12.2 Å². The number of hydrogen-bond acceptors (Lipinski definition) is 2. The molecule has 1 aliphatic rings. The van der Waals surface area contributed by atoms with Gasteiger partial charge in [-0.3, -0.25) is 0 Å². The van der Waals surface area contributed by atoms with Crippen LogP contribution in [0, 0.1) is 0 Å². The number of hydrogen-bond donors (Lipinski definition) is 2. The van der Waals surface area contributed by atoms with Crippen LogP contribution in [0.4, 0.5) is 0 Å². The molecule has 0 heterocycles. The molecule has 1 aliphatic carbocycles. The van der Waals surface area contributed by atoms with Gasteiger partial charge in [0.25, 0.3) is 0 Å². The van der Waals surface area contributed by atoms with E-state index < -0.39 is 12.2 Å². The lowest BCUT2D eigenvalue weighted by Crippen LogP contribution is -2.25. The predicted octanol–water partition coefficient (Wildman–Crippen LogP) is 0.838. The smallest absolute Gasteiger partial charge is 0.0802 e. The number of allylic oxidation sites excluding steroid dienone is 2. The summed E-state index contributed by atoms with van der Waals surface area (Å²) in [6.45, 7) is 0. The van der Waals surface area contributed by atoms with Crippen LogP contribution in [0.1, 0.15) is 25.7 Å². The Morgan fingerprint density at radius 1 is 0.900 bits per heavy atom. The minimum absolute atomic E-state index is 0.509. The molecule has 0 radical (unpaired) electrons. The first-order chi connectivity index (χ1) is 4.80. The third-order valence-electron chi connectivity index (χ3n) is 1.87. The monoisotopic (exact) mass is 142 g/mol. The van der Waals surface area contributed by atoms with Crippen LogP contribution in [0.5, 0.6) is 0 Å². The number of rotatable bonds is 0. The van der Waals surface area contributed by atoms with Crippen LogP contribution in [-0.2, 0) is 0 Å². The van der Waals surface area contributed by atoms with Crippen molar-refractivity contribution >= 4 is 0 Å². The molecular formula is C8H14O2. The molecule has 2 nitrogen and oxygen atoms in total. The molecule has 0 aliphatic heterocycles. The largest absolute Gasteiger partial charge is 0.390 e. The molecule has 1 rings (SSSR count). The first-order valence-electron chi connectivity index (χ1n) is 3.82. The Morgan fingerprint density at radius 2 is 1.30 bits per heavy atom. The molecule has 58 valence electrons. The van der Waals surface area contributed by atoms with Crippen molar-refractivity contribution in [1.29, 1.82) is 0 Å². The molecule has 0 saturated heterocycles. The molecule has 0 amide bonds. The minimum Gasteiger partial charge on any atom is -0.390 e. The second-order valence-corrected chi connectivity index (χ2v) is 2.76. The summed E-state index contributed by atoms with van der Waals surface area (Å²) in [6.07, 6.45) is 6.27. The van der Waals surface area contributed by atoms with E-state index in [-0.39, 0.29) is 0 Å². The van der Waals surface area contributed by atoms with Gasteiger partial charge in [0.05, 0.1) is 12.2 Å². The zero-order valence-electron chi connectivity index (χ0n) is 6.03. The third kappa shape index (κ3) is 2.12. The Kier molecular flexibility index (Phi) is 2.90. The second-order valence-electron chi connectivity index (χ2n) is 2.76. The van der Waals surface area contributed by atoms with Crippen LogP contribution in [0.25, 0.3) is 0 Å². The van der Waals surface area contributed by atoms with Crippen LogP contribution in [0.3, 0.4) is 0 Å². The maximum atomic E-state index is 9.20. The molecule has 0 spiro atoms. The lowest BCUT2D eigenvalue weighted by Gasteiger charge is -2.17. The normalized spacial score (nSPS) is 35.0. The van der Waals surface area contributed by atoms with Crippen molar-refractivity contribution in [3.8, 4) is 0 Å². The van der Waals surface area contributed by atoms with E-state index in [1.807, 2.05) is 0 Å². The van der Waals surface area contributed by atoms with E-state index in [0.29, 0.717) is 12.8 Å². The number of aliphatic hydroxyl groups is 2. The summed E-state index contributed by atoms with van der Waals surface area (Å²) in [5, 5.41) is 18.4. The fraction of sp³-hybridized carbons (Fsp3) is 0.750. The van der Waals surface area contributed by atoms with Crippen LogP contribution in [-0.4, -0.2) is 22.4 Å². The zero-order valence-corrected chi connectivity index (χ0v) is 6.03. The van der Waals surface area contributed by atoms with Gasteiger partial charge in [0, 0.05) is 0 Å². The quantitative estimate of drug-likeness (QED) is 0.492. The Balaban J connectivity index is 2.40. The van der Waals surface area contributed by atoms with Crippen molar-refractivity contribution in [3.63, 3.8) is 0 Å². The van der Waals surface area contributed by atoms with Gasteiger partial charge in [-0.1, -0.05) is 12.2 Å². The minimum atomic E-state index is -0.509. The van der Waals surface area contributed by atoms with Gasteiger partial charge in [-0.25, -0.2) is 0 Å². The molecule has 0 aromatic carbocycles. The molecule has 0 unspecified atom stereocenters. The van der Waals surface area contributed by atoms with Gasteiger partial charge >= 0.3 is 0 Å². The van der Waals surface area contributed by atoms with Gasteiger partial charge in [-0.05, 0) is 25.7 Å². The van der Waals surface area contributed by atoms with Gasteiger partial charge in [0.1, 0.15) is 0 Å². The molecule has 0 aromatic heterocycles. The lowest BCUT2D eigenvalue weighted by molar-refractivity contribution is 0.0101. The summed E-state index contributed by atoms with van der Waals surface area (Å²) in [4.78, 5) is 0. The van der Waals surface area contributed by atoms with Crippen molar-refractivity contribution in [2.24, 2.45) is 0 Å². The standard InChI is InChI=1S/C8H14O2/c9-7-5-3-1-2-4-6-8(7)10/h1-2,7-10H,3-6H2/t7-,8+. The van der Waals surface area contributed by atoms with E-state index in [4.69, 9.17) is 0 Å². The highest BCUT2D eigenvalue weighted by atomic mass is 16.3. The average molecular weight is 142 g/mol. The van der Waals surface area contributed by atoms with E-state index in [1.54, 1.807) is 0 Å². The molecule has 0 aromatic rings. The second kappa shape index (κ2) is 3.74. The van der Waals surface area contributed by atoms with E-state index >= 15 is 0 Å². The molecule has 2 N–H and O–H groups in total. The fourth-order valence-corrected chi connectivity index (χ4v) is 1.15. The summed E-state index contributed by atoms with van der Waals surface area (Å²) in [5.41, 5.74) is 0. The van der Waals surface area contributed by atoms with Crippen molar-refractivity contribution in [1.82, 2.24) is 0 Å². The van der Waals surface area contributed by atoms with Crippen LogP contribution in [0.2, 0.25) is 0 Å². The van der Waals surface area contributed by atoms with Crippen molar-refractivity contribution in [3.05, 3.63) is 12.2 Å². The van der Waals surface area contributed by atoms with Crippen LogP contribution >= 0.6 is 0 Å². The zero-order chi connectivity index (χ0) is 7.40. The van der Waals surface area contributed by atoms with Gasteiger partial charge in [-0.15, -0.1) is 0 Å². The van der Waals surface area contributed by atoms with E-state index in [1.165, 1.54) is 0 Å². The summed E-state index contributed by atoms with van der Waals surface area (Å²) < 4.78 is 0. The summed E-state index contributed by atoms with van der Waals surface area (Å²) in [5.74, 6) is 0.